The van der Waals surface area contributed by atoms with E-state index in [0.29, 0.717) is 0 Å². The lowest BCUT2D eigenvalue weighted by molar-refractivity contribution is 0.308. The van der Waals surface area contributed by atoms with Crippen molar-refractivity contribution in [2.75, 3.05) is 33.2 Å². The Labute approximate surface area is 143 Å². The van der Waals surface area contributed by atoms with Gasteiger partial charge in [-0.05, 0) is 20.0 Å². The maximum Gasteiger partial charge on any atom is 0.191 e. The molecular weight excluding hydrogens is 385 g/mol. The SMILES string of the molecule is CCN(CC)CCNC(=NC)NCc1ncc(C)s1.I. The molecule has 0 aromatic carbocycles. The third-order valence-corrected chi connectivity index (χ3v) is 3.83. The highest BCUT2D eigenvalue weighted by Crippen LogP contribution is 2.10. The molecule has 0 atom stereocenters. The van der Waals surface area contributed by atoms with Crippen molar-refractivity contribution >= 4 is 41.3 Å². The second-order valence-corrected chi connectivity index (χ2v) is 5.56. The van der Waals surface area contributed by atoms with Crippen molar-refractivity contribution in [2.45, 2.75) is 27.3 Å². The van der Waals surface area contributed by atoms with E-state index in [4.69, 9.17) is 0 Å². The number of likely N-dealkylation sites (N-methyl/N-ethyl adjacent to an activating group) is 1. The quantitative estimate of drug-likeness (QED) is 0.410. The summed E-state index contributed by atoms with van der Waals surface area (Å²) >= 11 is 1.71. The predicted molar refractivity (Wildman–Crippen MR) is 98.3 cm³/mol. The molecule has 1 rings (SSSR count). The standard InChI is InChI=1S/C13H25N5S.HI/c1-5-18(6-2)8-7-15-13(14-4)17-10-12-16-9-11(3)19-12;/h9H,5-8,10H2,1-4H3,(H2,14,15,17);1H. The number of aryl methyl sites for hydroxylation is 1. The van der Waals surface area contributed by atoms with Gasteiger partial charge in [0.1, 0.15) is 5.01 Å². The minimum Gasteiger partial charge on any atom is -0.355 e. The first-order chi connectivity index (χ1) is 9.19. The van der Waals surface area contributed by atoms with Crippen LogP contribution in [0.4, 0.5) is 0 Å². The Hall–Kier alpha value is -0.410. The first-order valence-corrected chi connectivity index (χ1v) is 7.59. The Morgan fingerprint density at radius 1 is 1.35 bits per heavy atom. The second-order valence-electron chi connectivity index (χ2n) is 4.24. The van der Waals surface area contributed by atoms with Crippen LogP contribution < -0.4 is 10.6 Å². The number of nitrogens with zero attached hydrogens (tertiary/aromatic N) is 3. The van der Waals surface area contributed by atoms with Crippen LogP contribution >= 0.6 is 35.3 Å². The molecule has 2 N–H and O–H groups in total. The number of rotatable bonds is 7. The Balaban J connectivity index is 0.00000361. The van der Waals surface area contributed by atoms with Crippen LogP contribution in [0, 0.1) is 6.92 Å². The highest BCUT2D eigenvalue weighted by molar-refractivity contribution is 14.0. The first kappa shape index (κ1) is 19.6. The van der Waals surface area contributed by atoms with Crippen molar-refractivity contribution in [3.63, 3.8) is 0 Å². The van der Waals surface area contributed by atoms with Crippen molar-refractivity contribution in [1.29, 1.82) is 0 Å². The molecule has 0 saturated carbocycles. The number of aromatic nitrogens is 1. The minimum absolute atomic E-state index is 0. The molecule has 0 saturated heterocycles. The average molecular weight is 411 g/mol. The van der Waals surface area contributed by atoms with E-state index in [-0.39, 0.29) is 24.0 Å². The monoisotopic (exact) mass is 411 g/mol. The van der Waals surface area contributed by atoms with Crippen LogP contribution in [-0.4, -0.2) is 49.1 Å². The summed E-state index contributed by atoms with van der Waals surface area (Å²) in [6.45, 7) is 11.3. The molecule has 0 fully saturated rings. The summed E-state index contributed by atoms with van der Waals surface area (Å²) in [6.07, 6.45) is 1.90. The summed E-state index contributed by atoms with van der Waals surface area (Å²) in [6, 6.07) is 0. The molecule has 20 heavy (non-hydrogen) atoms. The Morgan fingerprint density at radius 2 is 2.05 bits per heavy atom. The maximum atomic E-state index is 4.32. The van der Waals surface area contributed by atoms with Gasteiger partial charge in [0.25, 0.3) is 0 Å². The summed E-state index contributed by atoms with van der Waals surface area (Å²) in [5, 5.41) is 7.68. The molecule has 0 bridgehead atoms. The van der Waals surface area contributed by atoms with Gasteiger partial charge in [0.15, 0.2) is 5.96 Å². The topological polar surface area (TPSA) is 52.5 Å². The second kappa shape index (κ2) is 11.3. The van der Waals surface area contributed by atoms with Gasteiger partial charge in [-0.25, -0.2) is 4.98 Å². The van der Waals surface area contributed by atoms with Gasteiger partial charge in [0.05, 0.1) is 6.54 Å². The van der Waals surface area contributed by atoms with E-state index in [2.05, 4.69) is 46.3 Å². The van der Waals surface area contributed by atoms with Gasteiger partial charge in [-0.15, -0.1) is 35.3 Å². The Kier molecular flexibility index (Phi) is 11.0. The van der Waals surface area contributed by atoms with Gasteiger partial charge in [0.2, 0.25) is 0 Å². The van der Waals surface area contributed by atoms with Gasteiger partial charge in [-0.2, -0.15) is 0 Å². The van der Waals surface area contributed by atoms with Gasteiger partial charge < -0.3 is 15.5 Å². The van der Waals surface area contributed by atoms with Crippen molar-refractivity contribution in [1.82, 2.24) is 20.5 Å². The number of nitrogens with one attached hydrogen (secondary N) is 2. The average Bonchev–Trinajstić information content (AvgIpc) is 2.84. The molecule has 0 amide bonds. The summed E-state index contributed by atoms with van der Waals surface area (Å²) in [5.41, 5.74) is 0. The molecule has 0 radical (unpaired) electrons. The van der Waals surface area contributed by atoms with Gasteiger partial charge in [0, 0.05) is 31.2 Å². The van der Waals surface area contributed by atoms with Crippen LogP contribution in [0.3, 0.4) is 0 Å². The number of hydrogen-bond acceptors (Lipinski definition) is 4. The normalized spacial score (nSPS) is 11.3. The zero-order valence-corrected chi connectivity index (χ0v) is 15.9. The van der Waals surface area contributed by atoms with E-state index >= 15 is 0 Å². The first-order valence-electron chi connectivity index (χ1n) is 6.77. The molecule has 0 spiro atoms. The molecule has 5 nitrogen and oxygen atoms in total. The van der Waals surface area contributed by atoms with E-state index in [9.17, 15) is 0 Å². The molecule has 0 aliphatic carbocycles. The summed E-state index contributed by atoms with van der Waals surface area (Å²) < 4.78 is 0. The van der Waals surface area contributed by atoms with E-state index in [1.165, 1.54) is 4.88 Å². The smallest absolute Gasteiger partial charge is 0.191 e. The molecule has 1 heterocycles. The summed E-state index contributed by atoms with van der Waals surface area (Å²) in [4.78, 5) is 12.1. The van der Waals surface area contributed by atoms with Crippen LogP contribution in [0.25, 0.3) is 0 Å². The fourth-order valence-corrected chi connectivity index (χ4v) is 2.46. The lowest BCUT2D eigenvalue weighted by Crippen LogP contribution is -2.41. The maximum absolute atomic E-state index is 4.32. The zero-order chi connectivity index (χ0) is 14.1. The highest BCUT2D eigenvalue weighted by atomic mass is 127. The summed E-state index contributed by atoms with van der Waals surface area (Å²) in [7, 11) is 1.79. The van der Waals surface area contributed by atoms with Crippen LogP contribution in [0.2, 0.25) is 0 Å². The zero-order valence-electron chi connectivity index (χ0n) is 12.8. The minimum atomic E-state index is 0. The van der Waals surface area contributed by atoms with Crippen LogP contribution in [-0.2, 0) is 6.54 Å². The number of guanidine groups is 1. The molecule has 7 heteroatoms. The Morgan fingerprint density at radius 3 is 2.55 bits per heavy atom. The van der Waals surface area contributed by atoms with Crippen molar-refractivity contribution < 1.29 is 0 Å². The van der Waals surface area contributed by atoms with E-state index in [1.54, 1.807) is 18.4 Å². The van der Waals surface area contributed by atoms with Gasteiger partial charge >= 0.3 is 0 Å². The molecular formula is C13H26IN5S. The Bertz CT molecular complexity index is 390. The molecule has 1 aromatic rings. The molecule has 0 aliphatic rings. The third kappa shape index (κ3) is 7.39. The summed E-state index contributed by atoms with van der Waals surface area (Å²) in [5.74, 6) is 0.833. The predicted octanol–water partition coefficient (Wildman–Crippen LogP) is 2.08. The van der Waals surface area contributed by atoms with E-state index in [0.717, 1.165) is 43.7 Å². The van der Waals surface area contributed by atoms with Gasteiger partial charge in [-0.1, -0.05) is 13.8 Å². The van der Waals surface area contributed by atoms with Crippen LogP contribution in [0.15, 0.2) is 11.2 Å². The number of hydrogen-bond donors (Lipinski definition) is 2. The molecule has 1 aromatic heterocycles. The number of thiazole rings is 1. The van der Waals surface area contributed by atoms with Crippen molar-refractivity contribution in [3.8, 4) is 0 Å². The fourth-order valence-electron chi connectivity index (χ4n) is 1.74. The molecule has 0 unspecified atom stereocenters. The lowest BCUT2D eigenvalue weighted by Gasteiger charge is -2.19. The van der Waals surface area contributed by atoms with E-state index in [1.807, 2.05) is 6.20 Å². The largest absolute Gasteiger partial charge is 0.355 e. The molecule has 0 aliphatic heterocycles. The van der Waals surface area contributed by atoms with Crippen LogP contribution in [0.5, 0.6) is 0 Å². The van der Waals surface area contributed by atoms with Crippen molar-refractivity contribution in [2.24, 2.45) is 4.99 Å². The lowest BCUT2D eigenvalue weighted by atomic mass is 10.4. The third-order valence-electron chi connectivity index (χ3n) is 2.91. The molecule has 116 valence electrons. The van der Waals surface area contributed by atoms with Crippen LogP contribution in [0.1, 0.15) is 23.7 Å². The van der Waals surface area contributed by atoms with Gasteiger partial charge in [-0.3, -0.25) is 4.99 Å². The number of aliphatic imine (C=N–C) groups is 1. The van der Waals surface area contributed by atoms with E-state index < -0.39 is 0 Å². The number of halogens is 1. The fraction of sp³-hybridized carbons (Fsp3) is 0.692. The highest BCUT2D eigenvalue weighted by Gasteiger charge is 2.02. The van der Waals surface area contributed by atoms with Crippen molar-refractivity contribution in [3.05, 3.63) is 16.1 Å².